The molecule has 11 nitrogen and oxygen atoms in total. The molecule has 38 heavy (non-hydrogen) atoms. The number of carbonyl (C=O) groups is 4. The molecule has 0 aliphatic rings. The van der Waals surface area contributed by atoms with Crippen LogP contribution in [0.4, 0.5) is 5.69 Å². The molecule has 0 spiro atoms. The van der Waals surface area contributed by atoms with Crippen LogP contribution in [0, 0.1) is 5.92 Å². The molecule has 2 heterocycles. The number of hydrogen-bond donors (Lipinski definition) is 3. The Hall–Kier alpha value is -4.28. The lowest BCUT2D eigenvalue weighted by atomic mass is 10.0. The van der Waals surface area contributed by atoms with E-state index in [1.54, 1.807) is 18.2 Å². The fraction of sp³-hybridized carbons (Fsp3) is 0.407. The molecule has 0 saturated heterocycles. The second-order valence-corrected chi connectivity index (χ2v) is 8.60. The number of carbonyl (C=O) groups excluding carboxylic acids is 4. The van der Waals surface area contributed by atoms with Crippen LogP contribution < -0.4 is 21.5 Å². The number of anilines is 1. The Balaban J connectivity index is 2.13. The average molecular weight is 526 g/mol. The van der Waals surface area contributed by atoms with Crippen molar-refractivity contribution < 1.29 is 23.9 Å². The Labute approximate surface area is 221 Å². The largest absolute Gasteiger partial charge is 0.466 e. The van der Waals surface area contributed by atoms with Crippen LogP contribution in [-0.4, -0.2) is 52.9 Å². The SMILES string of the molecule is CCC(CC)CNC(=O)Cn1cccc(NC(=O)[C@H](CCC=CC(=O)OC)NC(=O)c2cccnc2)c1=O. The first-order valence-corrected chi connectivity index (χ1v) is 12.5. The maximum atomic E-state index is 13.1. The van der Waals surface area contributed by atoms with E-state index in [4.69, 9.17) is 0 Å². The molecule has 0 unspecified atom stereocenters. The van der Waals surface area contributed by atoms with Crippen LogP contribution in [0.25, 0.3) is 0 Å². The molecule has 3 amide bonds. The Morgan fingerprint density at radius 1 is 1.13 bits per heavy atom. The molecular weight excluding hydrogens is 490 g/mol. The number of aromatic nitrogens is 2. The van der Waals surface area contributed by atoms with E-state index in [0.717, 1.165) is 12.8 Å². The number of nitrogens with one attached hydrogen (secondary N) is 3. The molecule has 2 rings (SSSR count). The highest BCUT2D eigenvalue weighted by Gasteiger charge is 2.22. The predicted molar refractivity (Wildman–Crippen MR) is 142 cm³/mol. The summed E-state index contributed by atoms with van der Waals surface area (Å²) in [6, 6.07) is 5.10. The van der Waals surface area contributed by atoms with Gasteiger partial charge >= 0.3 is 5.97 Å². The van der Waals surface area contributed by atoms with Crippen LogP contribution in [0.15, 0.2) is 59.8 Å². The number of hydrogen-bond acceptors (Lipinski definition) is 7. The lowest BCUT2D eigenvalue weighted by molar-refractivity contribution is -0.134. The number of pyridine rings is 2. The summed E-state index contributed by atoms with van der Waals surface area (Å²) >= 11 is 0. The monoisotopic (exact) mass is 525 g/mol. The molecule has 0 aromatic carbocycles. The van der Waals surface area contributed by atoms with Gasteiger partial charge in [-0.15, -0.1) is 0 Å². The summed E-state index contributed by atoms with van der Waals surface area (Å²) in [6.45, 7) is 4.44. The highest BCUT2D eigenvalue weighted by Crippen LogP contribution is 2.08. The van der Waals surface area contributed by atoms with Crippen LogP contribution in [0.1, 0.15) is 49.9 Å². The van der Waals surface area contributed by atoms with Gasteiger partial charge in [0, 0.05) is 31.2 Å². The maximum absolute atomic E-state index is 13.1. The molecule has 1 atom stereocenters. The molecule has 0 saturated carbocycles. The van der Waals surface area contributed by atoms with Crippen molar-refractivity contribution in [3.05, 3.63) is 70.9 Å². The minimum atomic E-state index is -1.03. The van der Waals surface area contributed by atoms with Crippen molar-refractivity contribution in [2.45, 2.75) is 52.1 Å². The van der Waals surface area contributed by atoms with Gasteiger partial charge in [-0.1, -0.05) is 32.8 Å². The molecule has 0 aliphatic heterocycles. The highest BCUT2D eigenvalue weighted by atomic mass is 16.5. The standard InChI is InChI=1S/C27H35N5O6/c1-4-19(5-2)16-29-23(33)18-32-15-9-12-22(27(32)37)31-26(36)21(11-6-7-13-24(34)38-3)30-25(35)20-10-8-14-28-17-20/h7-10,12-15,17,19,21H,4-6,11,16,18H2,1-3H3,(H,29,33)(H,30,35)(H,31,36)/t21-/m0/s1. The third-order valence-electron chi connectivity index (χ3n) is 5.96. The van der Waals surface area contributed by atoms with E-state index in [-0.39, 0.29) is 36.5 Å². The molecule has 204 valence electrons. The molecule has 0 radical (unpaired) electrons. The number of allylic oxidation sites excluding steroid dienone is 1. The molecule has 0 aliphatic carbocycles. The predicted octanol–water partition coefficient (Wildman–Crippen LogP) is 2.04. The van der Waals surface area contributed by atoms with Crippen molar-refractivity contribution in [1.82, 2.24) is 20.2 Å². The number of amides is 3. The van der Waals surface area contributed by atoms with E-state index in [1.807, 2.05) is 0 Å². The first-order valence-electron chi connectivity index (χ1n) is 12.5. The molecule has 11 heteroatoms. The Morgan fingerprint density at radius 3 is 2.55 bits per heavy atom. The van der Waals surface area contributed by atoms with Crippen molar-refractivity contribution in [3.8, 4) is 0 Å². The molecule has 3 N–H and O–H groups in total. The lowest BCUT2D eigenvalue weighted by Crippen LogP contribution is -2.44. The fourth-order valence-corrected chi connectivity index (χ4v) is 3.54. The van der Waals surface area contributed by atoms with Gasteiger partial charge in [-0.25, -0.2) is 4.79 Å². The summed E-state index contributed by atoms with van der Waals surface area (Å²) in [5, 5.41) is 8.04. The second-order valence-electron chi connectivity index (χ2n) is 8.60. The van der Waals surface area contributed by atoms with Gasteiger partial charge in [0.25, 0.3) is 11.5 Å². The topological polar surface area (TPSA) is 148 Å². The van der Waals surface area contributed by atoms with Gasteiger partial charge in [0.05, 0.1) is 12.7 Å². The first kappa shape index (κ1) is 29.9. The number of nitrogens with zero attached hydrogens (tertiary/aromatic N) is 2. The smallest absolute Gasteiger partial charge is 0.330 e. The fourth-order valence-electron chi connectivity index (χ4n) is 3.54. The summed E-state index contributed by atoms with van der Waals surface area (Å²) in [5.41, 5.74) is -0.325. The van der Waals surface area contributed by atoms with Crippen LogP contribution in [0.5, 0.6) is 0 Å². The quantitative estimate of drug-likeness (QED) is 0.252. The number of rotatable bonds is 14. The Morgan fingerprint density at radius 2 is 1.89 bits per heavy atom. The number of ether oxygens (including phenoxy) is 1. The van der Waals surface area contributed by atoms with Gasteiger partial charge < -0.3 is 25.3 Å². The second kappa shape index (κ2) is 15.7. The van der Waals surface area contributed by atoms with E-state index in [0.29, 0.717) is 12.5 Å². The van der Waals surface area contributed by atoms with Gasteiger partial charge in [-0.2, -0.15) is 0 Å². The maximum Gasteiger partial charge on any atom is 0.330 e. The Kier molecular flexibility index (Phi) is 12.4. The first-order chi connectivity index (χ1) is 18.3. The molecule has 0 bridgehead atoms. The number of methoxy groups -OCH3 is 1. The molecule has 2 aromatic rings. The van der Waals surface area contributed by atoms with Crippen molar-refractivity contribution >= 4 is 29.4 Å². The van der Waals surface area contributed by atoms with Crippen molar-refractivity contribution in [2.75, 3.05) is 19.0 Å². The Bertz CT molecular complexity index is 1170. The normalized spacial score (nSPS) is 11.7. The zero-order valence-electron chi connectivity index (χ0n) is 21.9. The molecular formula is C27H35N5O6. The van der Waals surface area contributed by atoms with Gasteiger partial charge in [0.2, 0.25) is 11.8 Å². The highest BCUT2D eigenvalue weighted by molar-refractivity contribution is 6.01. The molecule has 0 fully saturated rings. The summed E-state index contributed by atoms with van der Waals surface area (Å²) in [7, 11) is 1.25. The van der Waals surface area contributed by atoms with Crippen molar-refractivity contribution in [1.29, 1.82) is 0 Å². The van der Waals surface area contributed by atoms with Crippen molar-refractivity contribution in [3.63, 3.8) is 0 Å². The van der Waals surface area contributed by atoms with Gasteiger partial charge in [-0.05, 0) is 43.0 Å². The van der Waals surface area contributed by atoms with Crippen LogP contribution >= 0.6 is 0 Å². The minimum absolute atomic E-state index is 0.0315. The van der Waals surface area contributed by atoms with E-state index in [9.17, 15) is 24.0 Å². The average Bonchev–Trinajstić information content (AvgIpc) is 2.93. The minimum Gasteiger partial charge on any atom is -0.466 e. The molecule has 2 aromatic heterocycles. The third kappa shape index (κ3) is 9.64. The number of esters is 1. The lowest BCUT2D eigenvalue weighted by Gasteiger charge is -2.18. The van der Waals surface area contributed by atoms with Gasteiger partial charge in [-0.3, -0.25) is 24.2 Å². The van der Waals surface area contributed by atoms with E-state index >= 15 is 0 Å². The van der Waals surface area contributed by atoms with E-state index < -0.39 is 29.4 Å². The summed E-state index contributed by atoms with van der Waals surface area (Å²) < 4.78 is 5.76. The van der Waals surface area contributed by atoms with Crippen LogP contribution in [0.2, 0.25) is 0 Å². The van der Waals surface area contributed by atoms with E-state index in [1.165, 1.54) is 48.5 Å². The summed E-state index contributed by atoms with van der Waals surface area (Å²) in [6.07, 6.45) is 9.40. The summed E-state index contributed by atoms with van der Waals surface area (Å²) in [4.78, 5) is 66.3. The third-order valence-corrected chi connectivity index (χ3v) is 5.96. The van der Waals surface area contributed by atoms with Gasteiger partial charge in [0.15, 0.2) is 0 Å². The van der Waals surface area contributed by atoms with Gasteiger partial charge in [0.1, 0.15) is 18.3 Å². The zero-order chi connectivity index (χ0) is 27.9. The van der Waals surface area contributed by atoms with Crippen LogP contribution in [0.3, 0.4) is 0 Å². The summed E-state index contributed by atoms with van der Waals surface area (Å²) in [5.74, 6) is -1.63. The van der Waals surface area contributed by atoms with Crippen LogP contribution in [-0.2, 0) is 25.7 Å². The zero-order valence-corrected chi connectivity index (χ0v) is 21.9. The van der Waals surface area contributed by atoms with E-state index in [2.05, 4.69) is 39.5 Å². The van der Waals surface area contributed by atoms with Crippen molar-refractivity contribution in [2.24, 2.45) is 5.92 Å².